The quantitative estimate of drug-likeness (QED) is 0.132. The summed E-state index contributed by atoms with van der Waals surface area (Å²) in [5.74, 6) is 2.71. The number of hydrogen-bond donors (Lipinski definition) is 2. The summed E-state index contributed by atoms with van der Waals surface area (Å²) in [4.78, 5) is 18.0. The standard InChI is InChI=1S/C39H46ClN3OS/c1-6-26-19-25(4)14-15-31(26)36-33-13-8-7-12-32(33)34-21-29(39(34,36)5)22-41-38-43-35(23-45-38)27-10-9-11-28(20-27)37(44)42-30(16-17-40)18-24(2)3/h7-13,16,18,20,23,25,29,34,36H,6,14-15,17,19,21-22H2,1-5H3,(H,41,43)(H,42,44)/b30-16+. The lowest BCUT2D eigenvalue weighted by molar-refractivity contribution is 0.0209. The summed E-state index contributed by atoms with van der Waals surface area (Å²) in [5, 5.41) is 9.75. The first-order valence-electron chi connectivity index (χ1n) is 16.5. The summed E-state index contributed by atoms with van der Waals surface area (Å²) >= 11 is 7.56. The molecule has 3 aliphatic carbocycles. The van der Waals surface area contributed by atoms with Gasteiger partial charge < -0.3 is 10.6 Å². The van der Waals surface area contributed by atoms with Crippen LogP contribution in [0.4, 0.5) is 5.13 Å². The van der Waals surface area contributed by atoms with Crippen LogP contribution in [0.3, 0.4) is 0 Å². The molecule has 3 aromatic rings. The molecule has 2 aromatic carbocycles. The van der Waals surface area contributed by atoms with Crippen LogP contribution in [0.5, 0.6) is 0 Å². The Labute approximate surface area is 278 Å². The molecule has 0 saturated heterocycles. The van der Waals surface area contributed by atoms with Gasteiger partial charge in [-0.3, -0.25) is 4.79 Å². The molecule has 1 heterocycles. The maximum Gasteiger partial charge on any atom is 0.255 e. The molecular weight excluding hydrogens is 594 g/mol. The van der Waals surface area contributed by atoms with Gasteiger partial charge >= 0.3 is 0 Å². The molecule has 0 bridgehead atoms. The van der Waals surface area contributed by atoms with Crippen LogP contribution in [0, 0.1) is 17.3 Å². The summed E-state index contributed by atoms with van der Waals surface area (Å²) in [6, 6.07) is 17.0. The minimum Gasteiger partial charge on any atom is -0.361 e. The molecule has 5 unspecified atom stereocenters. The number of nitrogens with one attached hydrogen (secondary N) is 2. The number of aromatic nitrogens is 1. The lowest BCUT2D eigenvalue weighted by atomic mass is 9.49. The molecule has 1 amide bonds. The van der Waals surface area contributed by atoms with Crippen molar-refractivity contribution >= 4 is 34.0 Å². The number of amides is 1. The number of halogens is 1. The largest absolute Gasteiger partial charge is 0.361 e. The van der Waals surface area contributed by atoms with E-state index in [0.717, 1.165) is 34.4 Å². The smallest absolute Gasteiger partial charge is 0.255 e. The summed E-state index contributed by atoms with van der Waals surface area (Å²) in [6.45, 7) is 12.3. The molecule has 236 valence electrons. The number of hydrogen-bond acceptors (Lipinski definition) is 4. The van der Waals surface area contributed by atoms with Crippen molar-refractivity contribution in [2.24, 2.45) is 17.3 Å². The summed E-state index contributed by atoms with van der Waals surface area (Å²) in [5.41, 5.74) is 11.1. The first kappa shape index (κ1) is 31.8. The van der Waals surface area contributed by atoms with Crippen LogP contribution >= 0.6 is 22.9 Å². The third-order valence-corrected chi connectivity index (χ3v) is 11.6. The van der Waals surface area contributed by atoms with E-state index in [1.807, 2.05) is 44.2 Å². The van der Waals surface area contributed by atoms with E-state index in [1.165, 1.54) is 32.1 Å². The first-order chi connectivity index (χ1) is 21.7. The van der Waals surface area contributed by atoms with Gasteiger partial charge in [-0.05, 0) is 105 Å². The fourth-order valence-electron chi connectivity index (χ4n) is 8.32. The van der Waals surface area contributed by atoms with Crippen molar-refractivity contribution in [3.8, 4) is 11.3 Å². The number of anilines is 1. The minimum absolute atomic E-state index is 0.159. The molecule has 6 rings (SSSR count). The Kier molecular flexibility index (Phi) is 9.40. The fourth-order valence-corrected chi connectivity index (χ4v) is 9.22. The van der Waals surface area contributed by atoms with Gasteiger partial charge in [-0.2, -0.15) is 0 Å². The lowest BCUT2D eigenvalue weighted by Gasteiger charge is -2.55. The van der Waals surface area contributed by atoms with E-state index in [2.05, 4.69) is 61.1 Å². The van der Waals surface area contributed by atoms with Crippen LogP contribution < -0.4 is 10.6 Å². The van der Waals surface area contributed by atoms with Crippen LogP contribution in [0.2, 0.25) is 0 Å². The Morgan fingerprint density at radius 3 is 2.71 bits per heavy atom. The summed E-state index contributed by atoms with van der Waals surface area (Å²) in [7, 11) is 0. The predicted molar refractivity (Wildman–Crippen MR) is 190 cm³/mol. The summed E-state index contributed by atoms with van der Waals surface area (Å²) in [6.07, 6.45) is 9.96. The zero-order valence-electron chi connectivity index (χ0n) is 27.3. The van der Waals surface area contributed by atoms with Gasteiger partial charge in [0.15, 0.2) is 5.13 Å². The minimum atomic E-state index is -0.159. The van der Waals surface area contributed by atoms with E-state index in [4.69, 9.17) is 16.6 Å². The summed E-state index contributed by atoms with van der Waals surface area (Å²) < 4.78 is 0. The van der Waals surface area contributed by atoms with Crippen molar-refractivity contribution in [3.05, 3.63) is 105 Å². The van der Waals surface area contributed by atoms with Gasteiger partial charge in [0.25, 0.3) is 5.91 Å². The van der Waals surface area contributed by atoms with Gasteiger partial charge in [-0.25, -0.2) is 4.98 Å². The topological polar surface area (TPSA) is 54.0 Å². The highest BCUT2D eigenvalue weighted by Gasteiger charge is 2.62. The highest BCUT2D eigenvalue weighted by Crippen LogP contribution is 2.71. The second-order valence-electron chi connectivity index (χ2n) is 13.7. The Morgan fingerprint density at radius 1 is 1.16 bits per heavy atom. The monoisotopic (exact) mass is 639 g/mol. The molecule has 0 spiro atoms. The van der Waals surface area contributed by atoms with Gasteiger partial charge in [0, 0.05) is 40.5 Å². The molecule has 0 aliphatic heterocycles. The molecule has 4 nitrogen and oxygen atoms in total. The molecule has 3 aliphatic rings. The average Bonchev–Trinajstić information content (AvgIpc) is 3.57. The number of alkyl halides is 1. The molecular formula is C39H46ClN3OS. The SMILES string of the molecule is CCC1=C(C2c3ccccc3C3CC(CNc4nc(-c5cccc(C(=O)N/C(C=C(C)C)=C/CCl)c5)cs4)C32C)CCC(C)C1. The maximum absolute atomic E-state index is 13.1. The predicted octanol–water partition coefficient (Wildman–Crippen LogP) is 10.5. The Balaban J connectivity index is 1.17. The number of nitrogens with zero attached hydrogens (tertiary/aromatic N) is 1. The fraction of sp³-hybridized carbons (Fsp3) is 0.436. The van der Waals surface area contributed by atoms with Crippen molar-refractivity contribution in [3.63, 3.8) is 0 Å². The molecule has 1 aromatic heterocycles. The van der Waals surface area contributed by atoms with Crippen LogP contribution in [0.25, 0.3) is 11.3 Å². The third kappa shape index (κ3) is 6.18. The molecule has 5 atom stereocenters. The van der Waals surface area contributed by atoms with Gasteiger partial charge in [0.2, 0.25) is 0 Å². The van der Waals surface area contributed by atoms with Gasteiger partial charge in [-0.1, -0.05) is 73.9 Å². The van der Waals surface area contributed by atoms with Gasteiger partial charge in [-0.15, -0.1) is 22.9 Å². The molecule has 6 heteroatoms. The van der Waals surface area contributed by atoms with Gasteiger partial charge in [0.1, 0.15) is 0 Å². The van der Waals surface area contributed by atoms with Crippen LogP contribution in [-0.2, 0) is 0 Å². The number of benzene rings is 2. The normalized spacial score (nSPS) is 25.7. The third-order valence-electron chi connectivity index (χ3n) is 10.6. The van der Waals surface area contributed by atoms with Crippen LogP contribution in [0.1, 0.15) is 100 Å². The maximum atomic E-state index is 13.1. The van der Waals surface area contributed by atoms with Crippen LogP contribution in [-0.4, -0.2) is 23.3 Å². The van der Waals surface area contributed by atoms with Crippen LogP contribution in [0.15, 0.2) is 88.5 Å². The zero-order valence-corrected chi connectivity index (χ0v) is 28.8. The van der Waals surface area contributed by atoms with Crippen molar-refractivity contribution < 1.29 is 4.79 Å². The molecule has 0 radical (unpaired) electrons. The number of thiazole rings is 1. The highest BCUT2D eigenvalue weighted by molar-refractivity contribution is 7.14. The lowest BCUT2D eigenvalue weighted by Crippen LogP contribution is -2.49. The van der Waals surface area contributed by atoms with Crippen molar-refractivity contribution in [1.29, 1.82) is 0 Å². The average molecular weight is 640 g/mol. The zero-order chi connectivity index (χ0) is 31.7. The van der Waals surface area contributed by atoms with E-state index in [-0.39, 0.29) is 11.3 Å². The Bertz CT molecular complexity index is 1660. The van der Waals surface area contributed by atoms with E-state index in [1.54, 1.807) is 39.7 Å². The molecule has 45 heavy (non-hydrogen) atoms. The second-order valence-corrected chi connectivity index (χ2v) is 14.9. The van der Waals surface area contributed by atoms with Gasteiger partial charge in [0.05, 0.1) is 5.69 Å². The Morgan fingerprint density at radius 2 is 1.96 bits per heavy atom. The van der Waals surface area contributed by atoms with E-state index < -0.39 is 0 Å². The first-order valence-corrected chi connectivity index (χ1v) is 18.0. The van der Waals surface area contributed by atoms with Crippen molar-refractivity contribution in [2.45, 2.75) is 78.6 Å². The number of rotatable bonds is 10. The van der Waals surface area contributed by atoms with E-state index >= 15 is 0 Å². The second kappa shape index (κ2) is 13.3. The molecule has 2 N–H and O–H groups in total. The van der Waals surface area contributed by atoms with Crippen molar-refractivity contribution in [2.75, 3.05) is 17.7 Å². The Hall–Kier alpha value is -3.15. The number of fused-ring (bicyclic) bond motifs is 3. The van der Waals surface area contributed by atoms with E-state index in [0.29, 0.717) is 34.9 Å². The number of carbonyl (C=O) groups is 1. The number of allylic oxidation sites excluding steroid dienone is 5. The molecule has 1 fully saturated rings. The van der Waals surface area contributed by atoms with Crippen molar-refractivity contribution in [1.82, 2.24) is 10.3 Å². The molecule has 1 saturated carbocycles. The number of carbonyl (C=O) groups excluding carboxylic acids is 1. The highest BCUT2D eigenvalue weighted by atomic mass is 35.5. The van der Waals surface area contributed by atoms with E-state index in [9.17, 15) is 4.79 Å².